The van der Waals surface area contributed by atoms with Gasteiger partial charge < -0.3 is 129 Å². The second-order valence-electron chi connectivity index (χ2n) is 28.6. The summed E-state index contributed by atoms with van der Waals surface area (Å²) in [6.07, 6.45) is -2.23. The molecule has 40 nitrogen and oxygen atoms in total. The molecule has 0 aliphatic carbocycles. The van der Waals surface area contributed by atoms with E-state index in [1.54, 1.807) is 146 Å². The van der Waals surface area contributed by atoms with Crippen LogP contribution < -0.4 is 110 Å². The first kappa shape index (κ1) is 99.6. The number of hydrogen-bond donors (Lipinski definition) is 21. The van der Waals surface area contributed by atoms with Crippen LogP contribution in [0.25, 0.3) is 0 Å². The minimum absolute atomic E-state index is 0.0238. The number of nitrogens with two attached hydrogens (primary N) is 8. The predicted octanol–water partition coefficient (Wildman–Crippen LogP) is 1.12. The molecule has 0 aliphatic rings. The fraction of sp³-hybridized carbons (Fsp3) is 0.446. The number of amides is 12. The molecule has 5 aromatic carbocycles. The van der Waals surface area contributed by atoms with Crippen LogP contribution in [0.1, 0.15) is 137 Å². The first-order valence-electron chi connectivity index (χ1n) is 40.7. The fourth-order valence-electron chi connectivity index (χ4n) is 12.1. The maximum absolute atomic E-state index is 15.1. The SMILES string of the molecule is N=C(N)NCCC[C@@H](NC(=O)OCc1ccccc1)C(=O)NCCCC[C@H](NC(=O)[C@@H](CCCN=C(N)N)NC(=O)OCc1ccccc1)C(=O)N[C@H](CCCCNC(=O)C(CCCCNC(=O)[C@H](CCCN=C(N)N)NC(=O)OCc1ccccc1)NC(=O)[C@H](CCCN=C(N)N)NC(=O)OCc1ccccc1)C(=O)N[C@H](Cc1ccccc1)C(N)=O. The van der Waals surface area contributed by atoms with Crippen molar-refractivity contribution in [2.24, 2.45) is 60.8 Å². The van der Waals surface area contributed by atoms with Gasteiger partial charge in [0.15, 0.2) is 23.8 Å². The molecule has 0 spiro atoms. The summed E-state index contributed by atoms with van der Waals surface area (Å²) in [4.78, 5) is 179. The number of unbranched alkanes of at least 4 members (excludes halogenated alkanes) is 3. The minimum atomic E-state index is -1.50. The van der Waals surface area contributed by atoms with Gasteiger partial charge in [0.1, 0.15) is 74.8 Å². The summed E-state index contributed by atoms with van der Waals surface area (Å²) < 4.78 is 21.7. The normalized spacial score (nSPS) is 12.6. The van der Waals surface area contributed by atoms with Crippen molar-refractivity contribution in [3.63, 3.8) is 0 Å². The zero-order chi connectivity index (χ0) is 89.4. The highest BCUT2D eigenvalue weighted by molar-refractivity contribution is 5.96. The van der Waals surface area contributed by atoms with E-state index in [1.165, 1.54) is 0 Å². The van der Waals surface area contributed by atoms with Gasteiger partial charge in [-0.25, -0.2) is 19.2 Å². The van der Waals surface area contributed by atoms with Crippen LogP contribution in [0.4, 0.5) is 19.2 Å². The number of nitrogens with zero attached hydrogens (tertiary/aromatic N) is 3. The van der Waals surface area contributed by atoms with E-state index in [4.69, 9.17) is 70.2 Å². The van der Waals surface area contributed by atoms with Crippen molar-refractivity contribution in [3.8, 4) is 0 Å². The first-order valence-corrected chi connectivity index (χ1v) is 40.7. The van der Waals surface area contributed by atoms with Crippen LogP contribution in [0.15, 0.2) is 167 Å². The Morgan fingerprint density at radius 1 is 0.268 bits per heavy atom. The number of ether oxygens (including phenoxy) is 4. The largest absolute Gasteiger partial charge is 0.445 e. The number of carbonyl (C=O) groups is 12. The van der Waals surface area contributed by atoms with Crippen molar-refractivity contribution in [1.82, 2.24) is 63.8 Å². The Kier molecular flexibility index (Phi) is 47.0. The van der Waals surface area contributed by atoms with Crippen LogP contribution in [0.2, 0.25) is 0 Å². The molecule has 5 aromatic rings. The van der Waals surface area contributed by atoms with E-state index in [-0.39, 0.29) is 199 Å². The standard InChI is InChI=1S/C83H120N24O16/c84-68(108)67(50-55-26-6-1-7-27-55)103-73(113)64(101-72(112)63(102-75(115)66(42-25-49-99-79(91)92)107-83(119)123-54-59-34-14-5-15-35-59)37-17-21-45-95-71(111)62(40-23-47-97-77(87)88)105-81(117)121-52-57-30-10-3-11-31-57)38-18-20-43-93-69(109)60(100-74(114)65(41-24-48-98-78(89)90)106-82(118)122-53-58-32-12-4-13-33-58)36-16-19-44-94-70(110)61(39-22-46-96-76(85)86)104-80(116)120-51-56-28-8-2-9-29-56/h1-15,26-35,60-67H,16-25,36-54H2,(H2,84,108)(H,93,109)(H,94,110)(H,95,111)(H,100,114)(H,101,112)(H,102,115)(H,103,113)(H,104,116)(H,105,117)(H,106,118)(H,107,119)(H4,85,86,96)(H4,87,88,97)(H4,89,90,98)(H4,91,92,99)/t60?,61-,62+,63-,64+,65-,66+,67+/m0/s1. The molecule has 0 bridgehead atoms. The molecule has 29 N–H and O–H groups in total. The molecule has 0 saturated heterocycles. The maximum Gasteiger partial charge on any atom is 0.408 e. The molecular weight excluding hydrogens is 1590 g/mol. The summed E-state index contributed by atoms with van der Waals surface area (Å²) in [5.41, 5.74) is 48.2. The Hall–Kier alpha value is -14.0. The summed E-state index contributed by atoms with van der Waals surface area (Å²) >= 11 is 0. The fourth-order valence-corrected chi connectivity index (χ4v) is 12.1. The van der Waals surface area contributed by atoms with Crippen LogP contribution in [0.5, 0.6) is 0 Å². The van der Waals surface area contributed by atoms with Crippen molar-refractivity contribution in [2.75, 3.05) is 45.8 Å². The number of benzene rings is 5. The van der Waals surface area contributed by atoms with Gasteiger partial charge in [-0.3, -0.25) is 58.7 Å². The molecule has 668 valence electrons. The van der Waals surface area contributed by atoms with Gasteiger partial charge in [0.05, 0.1) is 0 Å². The summed E-state index contributed by atoms with van der Waals surface area (Å²) in [7, 11) is 0. The van der Waals surface area contributed by atoms with Crippen LogP contribution in [0, 0.1) is 5.41 Å². The molecule has 0 aliphatic heterocycles. The second kappa shape index (κ2) is 58.0. The average molecular weight is 1710 g/mol. The Balaban J connectivity index is 1.41. The second-order valence-corrected chi connectivity index (χ2v) is 28.6. The number of carbonyl (C=O) groups excluding carboxylic acids is 12. The minimum Gasteiger partial charge on any atom is -0.445 e. The average Bonchev–Trinajstić information content (AvgIpc) is 0.851. The Morgan fingerprint density at radius 3 is 0.764 bits per heavy atom. The number of rotatable bonds is 57. The molecule has 8 atom stereocenters. The van der Waals surface area contributed by atoms with Gasteiger partial charge in [-0.15, -0.1) is 0 Å². The molecule has 0 fully saturated rings. The Labute approximate surface area is 714 Å². The molecule has 1 unspecified atom stereocenters. The Morgan fingerprint density at radius 2 is 0.496 bits per heavy atom. The van der Waals surface area contributed by atoms with Gasteiger partial charge in [0.2, 0.25) is 47.3 Å². The quantitative estimate of drug-likeness (QED) is 0.0112. The van der Waals surface area contributed by atoms with Gasteiger partial charge in [-0.2, -0.15) is 0 Å². The molecular formula is C83H120N24O16. The molecule has 0 heterocycles. The van der Waals surface area contributed by atoms with Crippen molar-refractivity contribution in [2.45, 2.75) is 190 Å². The molecule has 0 aromatic heterocycles. The van der Waals surface area contributed by atoms with Gasteiger partial charge in [-0.1, -0.05) is 152 Å². The van der Waals surface area contributed by atoms with Gasteiger partial charge >= 0.3 is 24.4 Å². The number of primary amides is 1. The van der Waals surface area contributed by atoms with Crippen molar-refractivity contribution in [3.05, 3.63) is 179 Å². The van der Waals surface area contributed by atoms with E-state index in [0.717, 1.165) is 0 Å². The third kappa shape index (κ3) is 44.1. The topological polar surface area (TPSA) is 655 Å². The van der Waals surface area contributed by atoms with Crippen LogP contribution >= 0.6 is 0 Å². The third-order valence-electron chi connectivity index (χ3n) is 18.6. The van der Waals surface area contributed by atoms with E-state index in [0.29, 0.717) is 40.7 Å². The smallest absolute Gasteiger partial charge is 0.408 e. The number of guanidine groups is 4. The predicted molar refractivity (Wildman–Crippen MR) is 461 cm³/mol. The molecule has 123 heavy (non-hydrogen) atoms. The Bertz CT molecular complexity index is 4190. The number of nitrogens with one attached hydrogen (secondary N) is 13. The molecule has 5 rings (SSSR count). The zero-order valence-corrected chi connectivity index (χ0v) is 69.1. The highest BCUT2D eigenvalue weighted by Gasteiger charge is 2.33. The zero-order valence-electron chi connectivity index (χ0n) is 69.1. The molecule has 0 saturated carbocycles. The van der Waals surface area contributed by atoms with Crippen molar-refractivity contribution in [1.29, 1.82) is 5.41 Å². The lowest BCUT2D eigenvalue weighted by molar-refractivity contribution is -0.134. The van der Waals surface area contributed by atoms with E-state index in [2.05, 4.69) is 78.8 Å². The third-order valence-corrected chi connectivity index (χ3v) is 18.6. The first-order chi connectivity index (χ1) is 59.2. The van der Waals surface area contributed by atoms with Gasteiger partial charge in [0.25, 0.3) is 0 Å². The van der Waals surface area contributed by atoms with Gasteiger partial charge in [0, 0.05) is 52.2 Å². The molecule has 0 radical (unpaired) electrons. The molecule has 12 amide bonds. The number of alkyl carbamates (subject to hydrolysis) is 4. The van der Waals surface area contributed by atoms with E-state index >= 15 is 4.79 Å². The summed E-state index contributed by atoms with van der Waals surface area (Å²) in [6, 6.07) is 33.4. The summed E-state index contributed by atoms with van der Waals surface area (Å²) in [6.45, 7) is -0.108. The van der Waals surface area contributed by atoms with E-state index < -0.39 is 120 Å². The van der Waals surface area contributed by atoms with Crippen molar-refractivity contribution >= 4 is 95.5 Å². The lowest BCUT2D eigenvalue weighted by Crippen LogP contribution is -2.58. The summed E-state index contributed by atoms with van der Waals surface area (Å²) in [5, 5.41) is 40.0. The lowest BCUT2D eigenvalue weighted by Gasteiger charge is -2.26. The van der Waals surface area contributed by atoms with Crippen LogP contribution in [-0.4, -0.2) is 190 Å². The van der Waals surface area contributed by atoms with E-state index in [9.17, 15) is 52.7 Å². The summed E-state index contributed by atoms with van der Waals surface area (Å²) in [5.74, 6) is -7.09. The van der Waals surface area contributed by atoms with Crippen LogP contribution in [0.3, 0.4) is 0 Å². The maximum atomic E-state index is 15.1. The number of aliphatic imine (C=N–C) groups is 3. The van der Waals surface area contributed by atoms with E-state index in [1.807, 2.05) is 6.07 Å². The van der Waals surface area contributed by atoms with Crippen LogP contribution in [-0.2, 0) is 90.2 Å². The highest BCUT2D eigenvalue weighted by Crippen LogP contribution is 2.15. The molecule has 40 heteroatoms. The lowest BCUT2D eigenvalue weighted by atomic mass is 10.0. The monoisotopic (exact) mass is 1710 g/mol. The number of hydrogen-bond acceptors (Lipinski definition) is 20. The highest BCUT2D eigenvalue weighted by atomic mass is 16.6. The van der Waals surface area contributed by atoms with Crippen molar-refractivity contribution < 1.29 is 76.5 Å². The van der Waals surface area contributed by atoms with Gasteiger partial charge in [-0.05, 0) is 137 Å².